The van der Waals surface area contributed by atoms with Crippen LogP contribution in [0.15, 0.2) is 79.0 Å². The number of hydrogen-bond donors (Lipinski definition) is 3. The Morgan fingerprint density at radius 3 is 2.46 bits per heavy atom. The van der Waals surface area contributed by atoms with Gasteiger partial charge in [0.15, 0.2) is 5.11 Å². The second kappa shape index (κ2) is 10.7. The predicted molar refractivity (Wildman–Crippen MR) is 154 cm³/mol. The number of carboxylic acids is 1. The first-order chi connectivity index (χ1) is 18.7. The molecule has 1 aliphatic heterocycles. The van der Waals surface area contributed by atoms with Gasteiger partial charge in [-0.15, -0.1) is 0 Å². The summed E-state index contributed by atoms with van der Waals surface area (Å²) in [6.45, 7) is 6.01. The van der Waals surface area contributed by atoms with Crippen molar-refractivity contribution in [1.82, 2.24) is 19.8 Å². The number of carbonyl (C=O) groups is 2. The Morgan fingerprint density at radius 2 is 1.77 bits per heavy atom. The molecule has 1 aliphatic rings. The highest BCUT2D eigenvalue weighted by Gasteiger charge is 2.42. The molecule has 1 fully saturated rings. The van der Waals surface area contributed by atoms with Gasteiger partial charge in [-0.1, -0.05) is 30.3 Å². The summed E-state index contributed by atoms with van der Waals surface area (Å²) in [7, 11) is 0. The van der Waals surface area contributed by atoms with E-state index in [2.05, 4.69) is 26.3 Å². The van der Waals surface area contributed by atoms with Crippen LogP contribution in [0.4, 0.5) is 5.69 Å². The Labute approximate surface area is 232 Å². The number of thiocarbonyl (C=S) groups is 1. The van der Waals surface area contributed by atoms with Crippen LogP contribution in [0.25, 0.3) is 5.69 Å². The zero-order chi connectivity index (χ0) is 27.7. The van der Waals surface area contributed by atoms with E-state index in [0.717, 1.165) is 33.9 Å². The van der Waals surface area contributed by atoms with Gasteiger partial charge in [-0.25, -0.2) is 4.79 Å². The van der Waals surface area contributed by atoms with Gasteiger partial charge in [-0.3, -0.25) is 9.78 Å². The van der Waals surface area contributed by atoms with Crippen molar-refractivity contribution in [2.45, 2.75) is 32.9 Å². The summed E-state index contributed by atoms with van der Waals surface area (Å²) in [4.78, 5) is 31.3. The lowest BCUT2D eigenvalue weighted by molar-refractivity contribution is -0.116. The minimum absolute atomic E-state index is 0.0475. The Hall–Kier alpha value is -4.50. The molecule has 9 heteroatoms. The molecular weight excluding hydrogens is 510 g/mol. The van der Waals surface area contributed by atoms with Gasteiger partial charge >= 0.3 is 5.97 Å². The Morgan fingerprint density at radius 1 is 1.03 bits per heavy atom. The van der Waals surface area contributed by atoms with E-state index in [-0.39, 0.29) is 30.1 Å². The van der Waals surface area contributed by atoms with Crippen LogP contribution in [0.5, 0.6) is 0 Å². The molecule has 198 valence electrons. The Kier molecular flexibility index (Phi) is 7.17. The fourth-order valence-electron chi connectivity index (χ4n) is 5.23. The van der Waals surface area contributed by atoms with Crippen LogP contribution < -0.4 is 10.6 Å². The van der Waals surface area contributed by atoms with E-state index in [9.17, 15) is 14.7 Å². The van der Waals surface area contributed by atoms with E-state index < -0.39 is 5.97 Å². The lowest BCUT2D eigenvalue weighted by Gasteiger charge is -2.27. The third-order valence-electron chi connectivity index (χ3n) is 7.06. The van der Waals surface area contributed by atoms with Crippen molar-refractivity contribution in [1.29, 1.82) is 0 Å². The Balaban J connectivity index is 1.57. The summed E-state index contributed by atoms with van der Waals surface area (Å²) in [6, 6.07) is 21.7. The number of amides is 1. The summed E-state index contributed by atoms with van der Waals surface area (Å²) in [5.74, 6) is -1.16. The van der Waals surface area contributed by atoms with E-state index >= 15 is 0 Å². The first-order valence-electron chi connectivity index (χ1n) is 12.6. The van der Waals surface area contributed by atoms with Gasteiger partial charge < -0.3 is 25.2 Å². The summed E-state index contributed by atoms with van der Waals surface area (Å²) in [5, 5.41) is 16.4. The largest absolute Gasteiger partial charge is 0.478 e. The standard InChI is InChI=1S/C30H29N5O3S/c1-18-12-13-21(29(37)38)16-25(18)35-19(2)15-23(20(35)3)28-27(24-11-7-8-14-31-24)33-30(39)34(28)17-26(36)32-22-9-5-4-6-10-22/h4-16,27-28H,17H2,1-3H3,(H,32,36)(H,33,39)(H,37,38)/t27-,28-/m0/s1. The van der Waals surface area contributed by atoms with Crippen molar-refractivity contribution in [3.63, 3.8) is 0 Å². The highest BCUT2D eigenvalue weighted by Crippen LogP contribution is 2.41. The molecule has 2 atom stereocenters. The monoisotopic (exact) mass is 539 g/mol. The number of hydrogen-bond acceptors (Lipinski definition) is 4. The average Bonchev–Trinajstić information content (AvgIpc) is 3.39. The molecule has 0 unspecified atom stereocenters. The minimum atomic E-state index is -0.977. The van der Waals surface area contributed by atoms with Crippen LogP contribution in [0.2, 0.25) is 0 Å². The SMILES string of the molecule is Cc1ccc(C(=O)O)cc1-n1c(C)cc([C@H]2[C@H](c3ccccn3)NC(=S)N2CC(=O)Nc2ccccc2)c1C. The molecule has 0 bridgehead atoms. The van der Waals surface area contributed by atoms with Gasteiger partial charge in [-0.05, 0) is 86.6 Å². The van der Waals surface area contributed by atoms with Crippen LogP contribution in [-0.2, 0) is 4.79 Å². The second-order valence-corrected chi connectivity index (χ2v) is 10.0. The first kappa shape index (κ1) is 26.1. The number of aromatic nitrogens is 2. The van der Waals surface area contributed by atoms with E-state index in [0.29, 0.717) is 10.8 Å². The van der Waals surface area contributed by atoms with Crippen molar-refractivity contribution < 1.29 is 14.7 Å². The topological polar surface area (TPSA) is 99.5 Å². The molecule has 3 heterocycles. The number of para-hydroxylation sites is 1. The summed E-state index contributed by atoms with van der Waals surface area (Å²) in [5.41, 5.74) is 6.35. The predicted octanol–water partition coefficient (Wildman–Crippen LogP) is 5.11. The maximum atomic E-state index is 13.1. The molecular formula is C30H29N5O3S. The van der Waals surface area contributed by atoms with Crippen LogP contribution in [0.1, 0.15) is 50.7 Å². The highest BCUT2D eigenvalue weighted by molar-refractivity contribution is 7.80. The average molecular weight is 540 g/mol. The van der Waals surface area contributed by atoms with Crippen molar-refractivity contribution in [3.8, 4) is 5.69 Å². The maximum Gasteiger partial charge on any atom is 0.335 e. The quantitative estimate of drug-likeness (QED) is 0.281. The number of nitrogens with one attached hydrogen (secondary N) is 2. The van der Waals surface area contributed by atoms with E-state index in [1.807, 2.05) is 80.3 Å². The van der Waals surface area contributed by atoms with Crippen LogP contribution >= 0.6 is 12.2 Å². The molecule has 1 amide bonds. The van der Waals surface area contributed by atoms with Gasteiger partial charge in [0, 0.05) is 29.0 Å². The van der Waals surface area contributed by atoms with E-state index in [1.165, 1.54) is 0 Å². The van der Waals surface area contributed by atoms with Crippen molar-refractivity contribution in [2.24, 2.45) is 0 Å². The molecule has 39 heavy (non-hydrogen) atoms. The van der Waals surface area contributed by atoms with Gasteiger partial charge in [0.05, 0.1) is 23.3 Å². The van der Waals surface area contributed by atoms with Gasteiger partial charge in [0.1, 0.15) is 6.54 Å². The molecule has 2 aromatic heterocycles. The third kappa shape index (κ3) is 5.13. The normalized spacial score (nSPS) is 16.7. The molecule has 0 spiro atoms. The number of pyridine rings is 1. The zero-order valence-electron chi connectivity index (χ0n) is 21.9. The van der Waals surface area contributed by atoms with Crippen molar-refractivity contribution in [3.05, 3.63) is 113 Å². The first-order valence-corrected chi connectivity index (χ1v) is 13.0. The molecule has 3 N–H and O–H groups in total. The van der Waals surface area contributed by atoms with Gasteiger partial charge in [-0.2, -0.15) is 0 Å². The number of aryl methyl sites for hydroxylation is 2. The van der Waals surface area contributed by atoms with Crippen LogP contribution in [-0.4, -0.2) is 43.1 Å². The number of anilines is 1. The number of aromatic carboxylic acids is 1. The van der Waals surface area contributed by atoms with E-state index in [4.69, 9.17) is 12.2 Å². The molecule has 0 radical (unpaired) electrons. The molecule has 1 saturated heterocycles. The number of rotatable bonds is 7. The molecule has 0 saturated carbocycles. The van der Waals surface area contributed by atoms with Crippen LogP contribution in [0, 0.1) is 20.8 Å². The molecule has 5 rings (SSSR count). The van der Waals surface area contributed by atoms with Crippen LogP contribution in [0.3, 0.4) is 0 Å². The minimum Gasteiger partial charge on any atom is -0.478 e. The molecule has 0 aliphatic carbocycles. The Bertz CT molecular complexity index is 1550. The van der Waals surface area contributed by atoms with Gasteiger partial charge in [0.25, 0.3) is 0 Å². The number of benzene rings is 2. The maximum absolute atomic E-state index is 13.1. The molecule has 8 nitrogen and oxygen atoms in total. The second-order valence-electron chi connectivity index (χ2n) is 9.64. The number of nitrogens with zero attached hydrogens (tertiary/aromatic N) is 3. The fourth-order valence-corrected chi connectivity index (χ4v) is 5.54. The summed E-state index contributed by atoms with van der Waals surface area (Å²) in [6.07, 6.45) is 1.74. The summed E-state index contributed by atoms with van der Waals surface area (Å²) < 4.78 is 2.07. The van der Waals surface area contributed by atoms with Crippen molar-refractivity contribution in [2.75, 3.05) is 11.9 Å². The highest BCUT2D eigenvalue weighted by atomic mass is 32.1. The zero-order valence-corrected chi connectivity index (χ0v) is 22.7. The lowest BCUT2D eigenvalue weighted by Crippen LogP contribution is -2.37. The van der Waals surface area contributed by atoms with Crippen molar-refractivity contribution >= 4 is 34.9 Å². The van der Waals surface area contributed by atoms with E-state index in [1.54, 1.807) is 18.3 Å². The molecule has 4 aromatic rings. The van der Waals surface area contributed by atoms with Gasteiger partial charge in [0.2, 0.25) is 5.91 Å². The molecule has 2 aromatic carbocycles. The summed E-state index contributed by atoms with van der Waals surface area (Å²) >= 11 is 5.76. The number of carboxylic acid groups (broad SMARTS) is 1. The number of carbonyl (C=O) groups excluding carboxylic acids is 1. The fraction of sp³-hybridized carbons (Fsp3) is 0.200. The smallest absolute Gasteiger partial charge is 0.335 e. The lowest BCUT2D eigenvalue weighted by atomic mass is 9.96. The third-order valence-corrected chi connectivity index (χ3v) is 7.41.